The molecule has 0 spiro atoms. The first kappa shape index (κ1) is 19.8. The highest BCUT2D eigenvalue weighted by atomic mass is 16.4. The fraction of sp³-hybridized carbons (Fsp3) is 0.115. The van der Waals surface area contributed by atoms with Crippen molar-refractivity contribution < 1.29 is 9.21 Å². The maximum atomic E-state index is 13.0. The van der Waals surface area contributed by atoms with Crippen LogP contribution in [-0.4, -0.2) is 20.3 Å². The largest absolute Gasteiger partial charge is 0.436 e. The fourth-order valence-electron chi connectivity index (χ4n) is 3.67. The summed E-state index contributed by atoms with van der Waals surface area (Å²) in [6.07, 6.45) is 5.56. The van der Waals surface area contributed by atoms with E-state index in [1.807, 2.05) is 85.2 Å². The van der Waals surface area contributed by atoms with Crippen LogP contribution >= 0.6 is 0 Å². The molecule has 0 aliphatic rings. The Morgan fingerprint density at radius 1 is 1.03 bits per heavy atom. The van der Waals surface area contributed by atoms with Crippen LogP contribution in [0.5, 0.6) is 0 Å². The van der Waals surface area contributed by atoms with Gasteiger partial charge in [0.25, 0.3) is 5.91 Å². The molecule has 3 aromatic heterocycles. The number of hydrogen-bond donors (Lipinski definition) is 1. The molecule has 5 rings (SSSR count). The Morgan fingerprint density at radius 2 is 1.84 bits per heavy atom. The van der Waals surface area contributed by atoms with E-state index in [1.165, 1.54) is 5.56 Å². The minimum Gasteiger partial charge on any atom is -0.436 e. The summed E-state index contributed by atoms with van der Waals surface area (Å²) < 4.78 is 7.96. The van der Waals surface area contributed by atoms with Crippen molar-refractivity contribution in [3.05, 3.63) is 102 Å². The third-order valence-corrected chi connectivity index (χ3v) is 5.40. The summed E-state index contributed by atoms with van der Waals surface area (Å²) in [5.74, 6) is 0.870. The molecule has 5 aromatic rings. The zero-order chi connectivity index (χ0) is 22.1. The summed E-state index contributed by atoms with van der Waals surface area (Å²) in [4.78, 5) is 22.0. The number of carbonyl (C=O) groups excluding carboxylic acids is 1. The lowest BCUT2D eigenvalue weighted by Gasteiger charge is -2.07. The van der Waals surface area contributed by atoms with Crippen LogP contribution in [-0.2, 0) is 6.54 Å². The third-order valence-electron chi connectivity index (χ3n) is 5.40. The van der Waals surface area contributed by atoms with E-state index in [9.17, 15) is 4.79 Å². The first-order valence-electron chi connectivity index (χ1n) is 10.4. The van der Waals surface area contributed by atoms with Crippen molar-refractivity contribution in [2.24, 2.45) is 0 Å². The predicted molar refractivity (Wildman–Crippen MR) is 123 cm³/mol. The Kier molecular flexibility index (Phi) is 5.03. The van der Waals surface area contributed by atoms with Crippen LogP contribution < -0.4 is 5.32 Å². The van der Waals surface area contributed by atoms with Gasteiger partial charge in [0.15, 0.2) is 5.76 Å². The van der Waals surface area contributed by atoms with Gasteiger partial charge in [-0.15, -0.1) is 0 Å². The average Bonchev–Trinajstić information content (AvgIpc) is 3.46. The van der Waals surface area contributed by atoms with Gasteiger partial charge >= 0.3 is 0 Å². The molecular formula is C26H22N4O2. The van der Waals surface area contributed by atoms with Gasteiger partial charge in [0.05, 0.1) is 24.0 Å². The van der Waals surface area contributed by atoms with Crippen LogP contribution in [0.15, 0.2) is 83.7 Å². The number of nitrogens with zero attached hydrogens (tertiary/aromatic N) is 3. The van der Waals surface area contributed by atoms with Crippen molar-refractivity contribution in [3.8, 4) is 22.8 Å². The van der Waals surface area contributed by atoms with Crippen LogP contribution in [0, 0.1) is 13.8 Å². The smallest absolute Gasteiger partial charge is 0.252 e. The van der Waals surface area contributed by atoms with Crippen LogP contribution in [0.25, 0.3) is 28.4 Å². The quantitative estimate of drug-likeness (QED) is 0.422. The van der Waals surface area contributed by atoms with Gasteiger partial charge in [-0.2, -0.15) is 0 Å². The minimum atomic E-state index is -0.204. The normalized spacial score (nSPS) is 11.1. The van der Waals surface area contributed by atoms with Crippen LogP contribution in [0.1, 0.15) is 27.2 Å². The highest BCUT2D eigenvalue weighted by Gasteiger charge is 2.17. The third kappa shape index (κ3) is 3.78. The lowest BCUT2D eigenvalue weighted by molar-refractivity contribution is 0.0951. The van der Waals surface area contributed by atoms with E-state index < -0.39 is 0 Å². The molecule has 1 N–H and O–H groups in total. The summed E-state index contributed by atoms with van der Waals surface area (Å²) in [6.45, 7) is 4.38. The highest BCUT2D eigenvalue weighted by Crippen LogP contribution is 2.28. The minimum absolute atomic E-state index is 0.204. The van der Waals surface area contributed by atoms with Gasteiger partial charge in [0.1, 0.15) is 5.65 Å². The first-order valence-corrected chi connectivity index (χ1v) is 10.4. The summed E-state index contributed by atoms with van der Waals surface area (Å²) in [5.41, 5.74) is 6.04. The van der Waals surface area contributed by atoms with Crippen molar-refractivity contribution >= 4 is 11.6 Å². The number of oxazole rings is 1. The lowest BCUT2D eigenvalue weighted by atomic mass is 10.1. The van der Waals surface area contributed by atoms with Crippen LogP contribution in [0.3, 0.4) is 0 Å². The molecule has 0 fully saturated rings. The molecule has 2 aromatic carbocycles. The lowest BCUT2D eigenvalue weighted by Crippen LogP contribution is -2.23. The second kappa shape index (κ2) is 8.15. The standard InChI is InChI=1S/C26H22N4O2/c1-17-9-11-19(12-10-17)23-15-28-26(32-23)22-8-4-3-7-21(22)25(31)27-14-20-16-30-13-5-6-18(2)24(30)29-20/h3-13,15-16H,14H2,1-2H3,(H,27,31). The molecule has 0 aliphatic carbocycles. The van der Waals surface area contributed by atoms with Crippen molar-refractivity contribution in [2.75, 3.05) is 0 Å². The van der Waals surface area contributed by atoms with E-state index in [0.29, 0.717) is 29.3 Å². The fourth-order valence-corrected chi connectivity index (χ4v) is 3.67. The Balaban J connectivity index is 1.37. The molecule has 32 heavy (non-hydrogen) atoms. The molecule has 1 amide bonds. The van der Waals surface area contributed by atoms with Gasteiger partial charge in [0, 0.05) is 23.5 Å². The number of hydrogen-bond acceptors (Lipinski definition) is 4. The van der Waals surface area contributed by atoms with Gasteiger partial charge in [-0.25, -0.2) is 9.97 Å². The number of benzene rings is 2. The zero-order valence-corrected chi connectivity index (χ0v) is 17.9. The number of nitrogens with one attached hydrogen (secondary N) is 1. The van der Waals surface area contributed by atoms with Crippen molar-refractivity contribution in [2.45, 2.75) is 20.4 Å². The molecule has 6 heteroatoms. The van der Waals surface area contributed by atoms with E-state index in [0.717, 1.165) is 22.5 Å². The summed E-state index contributed by atoms with van der Waals surface area (Å²) in [7, 11) is 0. The van der Waals surface area contributed by atoms with Gasteiger partial charge in [-0.1, -0.05) is 48.0 Å². The second-order valence-electron chi connectivity index (χ2n) is 7.78. The topological polar surface area (TPSA) is 72.4 Å². The summed E-state index contributed by atoms with van der Waals surface area (Å²) in [6, 6.07) is 19.3. The number of fused-ring (bicyclic) bond motifs is 1. The first-order chi connectivity index (χ1) is 15.6. The molecule has 3 heterocycles. The van der Waals surface area contributed by atoms with Crippen molar-refractivity contribution in [3.63, 3.8) is 0 Å². The van der Waals surface area contributed by atoms with Gasteiger partial charge in [0.2, 0.25) is 5.89 Å². The molecule has 0 bridgehead atoms. The maximum Gasteiger partial charge on any atom is 0.252 e. The number of aryl methyl sites for hydroxylation is 2. The van der Waals surface area contributed by atoms with E-state index in [2.05, 4.69) is 15.3 Å². The maximum absolute atomic E-state index is 13.0. The summed E-state index contributed by atoms with van der Waals surface area (Å²) >= 11 is 0. The van der Waals surface area contributed by atoms with Gasteiger partial charge in [-0.05, 0) is 37.6 Å². The van der Waals surface area contributed by atoms with Crippen molar-refractivity contribution in [1.29, 1.82) is 0 Å². The van der Waals surface area contributed by atoms with E-state index >= 15 is 0 Å². The summed E-state index contributed by atoms with van der Waals surface area (Å²) in [5, 5.41) is 2.97. The number of carbonyl (C=O) groups is 1. The Bertz CT molecular complexity index is 1410. The number of amides is 1. The number of imidazole rings is 1. The molecule has 0 aliphatic heterocycles. The van der Waals surface area contributed by atoms with Gasteiger partial charge in [-0.3, -0.25) is 4.79 Å². The highest BCUT2D eigenvalue weighted by molar-refractivity contribution is 6.00. The molecule has 0 saturated carbocycles. The van der Waals surface area contributed by atoms with Gasteiger partial charge < -0.3 is 14.1 Å². The number of rotatable bonds is 5. The molecule has 0 unspecified atom stereocenters. The average molecular weight is 422 g/mol. The number of aromatic nitrogens is 3. The Morgan fingerprint density at radius 3 is 2.66 bits per heavy atom. The molecule has 6 nitrogen and oxygen atoms in total. The Labute approximate surface area is 185 Å². The van der Waals surface area contributed by atoms with Crippen LogP contribution in [0.2, 0.25) is 0 Å². The molecule has 0 radical (unpaired) electrons. The van der Waals surface area contributed by atoms with Crippen LogP contribution in [0.4, 0.5) is 0 Å². The molecule has 0 atom stereocenters. The molecular weight excluding hydrogens is 400 g/mol. The van der Waals surface area contributed by atoms with E-state index in [4.69, 9.17) is 4.42 Å². The zero-order valence-electron chi connectivity index (χ0n) is 17.9. The SMILES string of the molecule is Cc1ccc(-c2cnc(-c3ccccc3C(=O)NCc3cn4cccc(C)c4n3)o2)cc1. The van der Waals surface area contributed by atoms with Crippen molar-refractivity contribution in [1.82, 2.24) is 19.7 Å². The van der Waals surface area contributed by atoms with E-state index in [1.54, 1.807) is 12.3 Å². The molecule has 0 saturated heterocycles. The molecule has 158 valence electrons. The second-order valence-corrected chi connectivity index (χ2v) is 7.78. The van der Waals surface area contributed by atoms with E-state index in [-0.39, 0.29) is 5.91 Å². The monoisotopic (exact) mass is 422 g/mol. The Hall–Kier alpha value is -4.19. The number of pyridine rings is 1. The predicted octanol–water partition coefficient (Wildman–Crippen LogP) is 5.20.